The number of hydrogen-bond donors (Lipinski definition) is 1. The highest BCUT2D eigenvalue weighted by Crippen LogP contribution is 2.27. The third kappa shape index (κ3) is 3.11. The Hall–Kier alpha value is -2.63. The molecule has 1 unspecified atom stereocenters. The van der Waals surface area contributed by atoms with Gasteiger partial charge in [0.05, 0.1) is 23.1 Å². The SMILES string of the molecule is Cc1ccc2nc(C3CCCN(C(=O)Cn4cnc(C)c4C)C3)[nH]c2c1. The van der Waals surface area contributed by atoms with Gasteiger partial charge in [-0.3, -0.25) is 4.79 Å². The number of benzene rings is 1. The molecule has 3 heterocycles. The number of imidazole rings is 2. The van der Waals surface area contributed by atoms with Crippen LogP contribution in [0, 0.1) is 20.8 Å². The monoisotopic (exact) mass is 351 g/mol. The fraction of sp³-hybridized carbons (Fsp3) is 0.450. The minimum atomic E-state index is 0.155. The van der Waals surface area contributed by atoms with Crippen molar-refractivity contribution in [2.45, 2.75) is 46.1 Å². The van der Waals surface area contributed by atoms with E-state index in [0.717, 1.165) is 54.2 Å². The minimum Gasteiger partial charge on any atom is -0.342 e. The third-order valence-electron chi connectivity index (χ3n) is 5.47. The van der Waals surface area contributed by atoms with E-state index in [1.54, 1.807) is 6.33 Å². The predicted octanol–water partition coefficient (Wildman–Crippen LogP) is 3.09. The summed E-state index contributed by atoms with van der Waals surface area (Å²) in [6.45, 7) is 7.97. The summed E-state index contributed by atoms with van der Waals surface area (Å²) >= 11 is 0. The Labute approximate surface area is 153 Å². The molecule has 6 nitrogen and oxygen atoms in total. The molecule has 0 saturated carbocycles. The number of likely N-dealkylation sites (tertiary alicyclic amines) is 1. The van der Waals surface area contributed by atoms with E-state index in [1.807, 2.05) is 23.3 Å². The predicted molar refractivity (Wildman–Crippen MR) is 101 cm³/mol. The van der Waals surface area contributed by atoms with E-state index in [1.165, 1.54) is 5.56 Å². The van der Waals surface area contributed by atoms with Crippen LogP contribution in [0.3, 0.4) is 0 Å². The average Bonchev–Trinajstić information content (AvgIpc) is 3.20. The quantitative estimate of drug-likeness (QED) is 0.788. The topological polar surface area (TPSA) is 66.8 Å². The summed E-state index contributed by atoms with van der Waals surface area (Å²) in [5.41, 5.74) is 5.33. The number of carbonyl (C=O) groups is 1. The van der Waals surface area contributed by atoms with Gasteiger partial charge in [0.25, 0.3) is 0 Å². The lowest BCUT2D eigenvalue weighted by Gasteiger charge is -2.32. The molecule has 4 rings (SSSR count). The highest BCUT2D eigenvalue weighted by atomic mass is 16.2. The second kappa shape index (κ2) is 6.59. The fourth-order valence-corrected chi connectivity index (χ4v) is 3.71. The standard InChI is InChI=1S/C20H25N5O/c1-13-6-7-17-18(9-13)23-20(22-17)16-5-4-8-24(10-16)19(26)11-25-12-21-14(2)15(25)3/h6-7,9,12,16H,4-5,8,10-11H2,1-3H3,(H,22,23). The molecule has 1 saturated heterocycles. The number of fused-ring (bicyclic) bond motifs is 1. The second-order valence-corrected chi connectivity index (χ2v) is 7.36. The summed E-state index contributed by atoms with van der Waals surface area (Å²) < 4.78 is 1.94. The van der Waals surface area contributed by atoms with Crippen molar-refractivity contribution in [3.63, 3.8) is 0 Å². The maximum atomic E-state index is 12.8. The van der Waals surface area contributed by atoms with Gasteiger partial charge in [-0.05, 0) is 51.3 Å². The number of aromatic nitrogens is 4. The second-order valence-electron chi connectivity index (χ2n) is 7.36. The van der Waals surface area contributed by atoms with Crippen molar-refractivity contribution in [2.24, 2.45) is 0 Å². The minimum absolute atomic E-state index is 0.155. The zero-order valence-corrected chi connectivity index (χ0v) is 15.6. The molecule has 1 amide bonds. The Bertz CT molecular complexity index is 954. The molecule has 26 heavy (non-hydrogen) atoms. The number of rotatable bonds is 3. The Morgan fingerprint density at radius 3 is 2.92 bits per heavy atom. The van der Waals surface area contributed by atoms with Crippen molar-refractivity contribution in [1.82, 2.24) is 24.4 Å². The van der Waals surface area contributed by atoms with Gasteiger partial charge in [0.1, 0.15) is 12.4 Å². The maximum absolute atomic E-state index is 12.8. The van der Waals surface area contributed by atoms with E-state index in [4.69, 9.17) is 4.98 Å². The molecule has 6 heteroatoms. The zero-order chi connectivity index (χ0) is 18.3. The first-order chi connectivity index (χ1) is 12.5. The maximum Gasteiger partial charge on any atom is 0.242 e. The lowest BCUT2D eigenvalue weighted by atomic mass is 9.97. The Morgan fingerprint density at radius 2 is 2.15 bits per heavy atom. The van der Waals surface area contributed by atoms with Crippen LogP contribution in [0.25, 0.3) is 11.0 Å². The van der Waals surface area contributed by atoms with Crippen molar-refractivity contribution in [3.8, 4) is 0 Å². The van der Waals surface area contributed by atoms with E-state index in [-0.39, 0.29) is 11.8 Å². The lowest BCUT2D eigenvalue weighted by molar-refractivity contribution is -0.133. The zero-order valence-electron chi connectivity index (χ0n) is 15.6. The van der Waals surface area contributed by atoms with Gasteiger partial charge in [0.2, 0.25) is 5.91 Å². The summed E-state index contributed by atoms with van der Waals surface area (Å²) in [5.74, 6) is 1.42. The van der Waals surface area contributed by atoms with Crippen LogP contribution in [-0.4, -0.2) is 43.4 Å². The van der Waals surface area contributed by atoms with Crippen molar-refractivity contribution in [1.29, 1.82) is 0 Å². The smallest absolute Gasteiger partial charge is 0.242 e. The van der Waals surface area contributed by atoms with Crippen LogP contribution >= 0.6 is 0 Å². The van der Waals surface area contributed by atoms with Crippen LogP contribution in [0.2, 0.25) is 0 Å². The first kappa shape index (κ1) is 16.8. The molecular formula is C20H25N5O. The first-order valence-corrected chi connectivity index (χ1v) is 9.23. The molecule has 0 aliphatic carbocycles. The molecule has 3 aromatic rings. The van der Waals surface area contributed by atoms with Crippen LogP contribution in [0.4, 0.5) is 0 Å². The lowest BCUT2D eigenvalue weighted by Crippen LogP contribution is -2.41. The average molecular weight is 351 g/mol. The van der Waals surface area contributed by atoms with Crippen LogP contribution < -0.4 is 0 Å². The largest absolute Gasteiger partial charge is 0.342 e. The van der Waals surface area contributed by atoms with Crippen molar-refractivity contribution in [3.05, 3.63) is 47.3 Å². The molecule has 1 aliphatic rings. The molecule has 1 fully saturated rings. The summed E-state index contributed by atoms with van der Waals surface area (Å²) in [6.07, 6.45) is 3.83. The van der Waals surface area contributed by atoms with E-state index >= 15 is 0 Å². The Morgan fingerprint density at radius 1 is 1.31 bits per heavy atom. The van der Waals surface area contributed by atoms with Crippen molar-refractivity contribution >= 4 is 16.9 Å². The highest BCUT2D eigenvalue weighted by molar-refractivity contribution is 5.77. The van der Waals surface area contributed by atoms with Crippen molar-refractivity contribution in [2.75, 3.05) is 13.1 Å². The van der Waals surface area contributed by atoms with Gasteiger partial charge in [0.15, 0.2) is 0 Å². The van der Waals surface area contributed by atoms with E-state index < -0.39 is 0 Å². The number of H-pyrrole nitrogens is 1. The molecule has 0 bridgehead atoms. The molecule has 0 spiro atoms. The Balaban J connectivity index is 1.49. The molecule has 0 radical (unpaired) electrons. The molecular weight excluding hydrogens is 326 g/mol. The normalized spacial score (nSPS) is 17.8. The van der Waals surface area contributed by atoms with Gasteiger partial charge in [-0.2, -0.15) is 0 Å². The number of nitrogens with zero attached hydrogens (tertiary/aromatic N) is 4. The van der Waals surface area contributed by atoms with Crippen molar-refractivity contribution < 1.29 is 4.79 Å². The first-order valence-electron chi connectivity index (χ1n) is 9.23. The van der Waals surface area contributed by atoms with Gasteiger partial charge < -0.3 is 14.5 Å². The summed E-state index contributed by atoms with van der Waals surface area (Å²) in [5, 5.41) is 0. The van der Waals surface area contributed by atoms with Crippen LogP contribution in [0.1, 0.15) is 41.5 Å². The van der Waals surface area contributed by atoms with Gasteiger partial charge >= 0.3 is 0 Å². The number of aromatic amines is 1. The van der Waals surface area contributed by atoms with Gasteiger partial charge in [-0.25, -0.2) is 9.97 Å². The van der Waals surface area contributed by atoms with E-state index in [9.17, 15) is 4.79 Å². The number of aryl methyl sites for hydroxylation is 2. The molecule has 1 N–H and O–H groups in total. The number of piperidine rings is 1. The molecule has 1 aliphatic heterocycles. The summed E-state index contributed by atoms with van der Waals surface area (Å²) in [6, 6.07) is 6.27. The number of nitrogens with one attached hydrogen (secondary N) is 1. The van der Waals surface area contributed by atoms with Crippen LogP contribution in [0.15, 0.2) is 24.5 Å². The summed E-state index contributed by atoms with van der Waals surface area (Å²) in [4.78, 5) is 27.3. The van der Waals surface area contributed by atoms with E-state index in [2.05, 4.69) is 35.1 Å². The number of amides is 1. The molecule has 136 valence electrons. The number of carbonyl (C=O) groups excluding carboxylic acids is 1. The van der Waals surface area contributed by atoms with Crippen LogP contribution in [-0.2, 0) is 11.3 Å². The van der Waals surface area contributed by atoms with Gasteiger partial charge in [-0.15, -0.1) is 0 Å². The van der Waals surface area contributed by atoms with Gasteiger partial charge in [-0.1, -0.05) is 6.07 Å². The number of hydrogen-bond acceptors (Lipinski definition) is 3. The third-order valence-corrected chi connectivity index (χ3v) is 5.47. The molecule has 1 atom stereocenters. The van der Waals surface area contributed by atoms with Crippen LogP contribution in [0.5, 0.6) is 0 Å². The molecule has 1 aromatic carbocycles. The highest BCUT2D eigenvalue weighted by Gasteiger charge is 2.27. The Kier molecular flexibility index (Phi) is 4.26. The van der Waals surface area contributed by atoms with E-state index in [0.29, 0.717) is 6.54 Å². The summed E-state index contributed by atoms with van der Waals surface area (Å²) in [7, 11) is 0. The fourth-order valence-electron chi connectivity index (χ4n) is 3.71. The molecule has 2 aromatic heterocycles. The van der Waals surface area contributed by atoms with Gasteiger partial charge in [0, 0.05) is 24.7 Å².